The Morgan fingerprint density at radius 3 is 2.61 bits per heavy atom. The molecular weight excluding hydrogens is 292 g/mol. The average Bonchev–Trinajstić information content (AvgIpc) is 2.81. The predicted octanol–water partition coefficient (Wildman–Crippen LogP) is 2.54. The van der Waals surface area contributed by atoms with Crippen molar-refractivity contribution in [2.45, 2.75) is 33.6 Å². The van der Waals surface area contributed by atoms with Crippen molar-refractivity contribution in [3.63, 3.8) is 0 Å². The lowest BCUT2D eigenvalue weighted by Crippen LogP contribution is -2.35. The van der Waals surface area contributed by atoms with Gasteiger partial charge in [-0.1, -0.05) is 32.9 Å². The van der Waals surface area contributed by atoms with E-state index in [1.54, 1.807) is 18.3 Å². The van der Waals surface area contributed by atoms with E-state index in [9.17, 15) is 14.7 Å². The number of nitrogens with one attached hydrogen (secondary N) is 2. The maximum absolute atomic E-state index is 12.6. The van der Waals surface area contributed by atoms with Crippen molar-refractivity contribution in [1.29, 1.82) is 0 Å². The first-order valence-corrected chi connectivity index (χ1v) is 7.88. The Morgan fingerprint density at radius 1 is 1.30 bits per heavy atom. The van der Waals surface area contributed by atoms with Crippen LogP contribution in [0.15, 0.2) is 36.0 Å². The molecule has 2 saturated carbocycles. The van der Waals surface area contributed by atoms with Crippen LogP contribution in [0.4, 0.5) is 0 Å². The number of hydrogen-bond acceptors (Lipinski definition) is 4. The highest BCUT2D eigenvalue weighted by molar-refractivity contribution is 6.04. The van der Waals surface area contributed by atoms with Gasteiger partial charge >= 0.3 is 0 Å². The molecule has 0 aliphatic heterocycles. The largest absolute Gasteiger partial charge is 0.507 e. The SMILES string of the molecule is CC1(C)[C@H]2CC[C@]1(C)C(=O)/C2=C\NNC(=O)c1ccccc1O. The van der Waals surface area contributed by atoms with Gasteiger partial charge in [-0.3, -0.25) is 15.0 Å². The topological polar surface area (TPSA) is 78.4 Å². The predicted molar refractivity (Wildman–Crippen MR) is 86.4 cm³/mol. The van der Waals surface area contributed by atoms with Gasteiger partial charge in [0.05, 0.1) is 5.56 Å². The minimum atomic E-state index is -0.443. The Hall–Kier alpha value is -2.30. The van der Waals surface area contributed by atoms with Crippen LogP contribution in [-0.2, 0) is 4.79 Å². The molecule has 0 unspecified atom stereocenters. The van der Waals surface area contributed by atoms with E-state index in [4.69, 9.17) is 0 Å². The average molecular weight is 314 g/mol. The molecule has 2 atom stereocenters. The number of Topliss-reactive ketones (excluding diaryl/α,β-unsaturated/α-hetero) is 1. The molecule has 122 valence electrons. The highest BCUT2D eigenvalue weighted by atomic mass is 16.3. The van der Waals surface area contributed by atoms with Crippen molar-refractivity contribution in [3.05, 3.63) is 41.6 Å². The minimum Gasteiger partial charge on any atom is -0.507 e. The fourth-order valence-electron chi connectivity index (χ4n) is 4.01. The fourth-order valence-corrected chi connectivity index (χ4v) is 4.01. The number of para-hydroxylation sites is 1. The maximum Gasteiger partial charge on any atom is 0.273 e. The second-order valence-electron chi connectivity index (χ2n) is 7.19. The molecule has 0 spiro atoms. The van der Waals surface area contributed by atoms with E-state index in [1.807, 2.05) is 6.92 Å². The molecule has 2 fully saturated rings. The summed E-state index contributed by atoms with van der Waals surface area (Å²) < 4.78 is 0. The number of carbonyl (C=O) groups is 2. The molecule has 3 N–H and O–H groups in total. The first-order chi connectivity index (χ1) is 10.8. The summed E-state index contributed by atoms with van der Waals surface area (Å²) in [5, 5.41) is 9.66. The van der Waals surface area contributed by atoms with E-state index in [0.717, 1.165) is 18.4 Å². The van der Waals surface area contributed by atoms with Gasteiger partial charge in [-0.15, -0.1) is 0 Å². The van der Waals surface area contributed by atoms with Gasteiger partial charge in [-0.05, 0) is 36.3 Å². The highest BCUT2D eigenvalue weighted by Gasteiger charge is 2.63. The molecule has 1 aromatic rings. The van der Waals surface area contributed by atoms with Crippen LogP contribution in [0, 0.1) is 16.7 Å². The molecule has 5 heteroatoms. The highest BCUT2D eigenvalue weighted by Crippen LogP contribution is 2.65. The summed E-state index contributed by atoms with van der Waals surface area (Å²) in [6.45, 7) is 6.32. The standard InChI is InChI=1S/C18H22N2O3/c1-17(2)13-8-9-18(17,3)15(22)12(13)10-19-20-16(23)11-6-4-5-7-14(11)21/h4-7,10,13,19,21H,8-9H2,1-3H3,(H,20,23)/b12-10-/t13-,18+/m0/s1. The lowest BCUT2D eigenvalue weighted by molar-refractivity contribution is -0.125. The number of ketones is 1. The normalized spacial score (nSPS) is 29.8. The quantitative estimate of drug-likeness (QED) is 0.592. The van der Waals surface area contributed by atoms with Crippen LogP contribution < -0.4 is 10.9 Å². The van der Waals surface area contributed by atoms with E-state index in [2.05, 4.69) is 24.7 Å². The molecule has 2 aliphatic rings. The number of allylic oxidation sites excluding steroid dienone is 1. The maximum atomic E-state index is 12.6. The van der Waals surface area contributed by atoms with Crippen molar-refractivity contribution >= 4 is 11.7 Å². The van der Waals surface area contributed by atoms with Gasteiger partial charge in [-0.2, -0.15) is 0 Å². The van der Waals surface area contributed by atoms with E-state index < -0.39 is 5.91 Å². The Bertz CT molecular complexity index is 708. The van der Waals surface area contributed by atoms with Crippen LogP contribution in [0.3, 0.4) is 0 Å². The lowest BCUT2D eigenvalue weighted by atomic mass is 9.70. The number of phenolic OH excluding ortho intramolecular Hbond substituents is 1. The zero-order valence-electron chi connectivity index (χ0n) is 13.6. The summed E-state index contributed by atoms with van der Waals surface area (Å²) in [4.78, 5) is 24.7. The van der Waals surface area contributed by atoms with Gasteiger partial charge in [0.2, 0.25) is 0 Å². The van der Waals surface area contributed by atoms with Gasteiger partial charge in [-0.25, -0.2) is 0 Å². The van der Waals surface area contributed by atoms with Crippen LogP contribution in [0.1, 0.15) is 44.0 Å². The summed E-state index contributed by atoms with van der Waals surface area (Å²) in [5.41, 5.74) is 5.81. The van der Waals surface area contributed by atoms with Crippen molar-refractivity contribution in [3.8, 4) is 5.75 Å². The van der Waals surface area contributed by atoms with Crippen LogP contribution in [-0.4, -0.2) is 16.8 Å². The number of carbonyl (C=O) groups excluding carboxylic acids is 2. The van der Waals surface area contributed by atoms with Crippen molar-refractivity contribution in [2.24, 2.45) is 16.7 Å². The molecular formula is C18H22N2O3. The Balaban J connectivity index is 1.72. The summed E-state index contributed by atoms with van der Waals surface area (Å²) >= 11 is 0. The number of benzene rings is 1. The van der Waals surface area contributed by atoms with Gasteiger partial charge in [0.15, 0.2) is 5.78 Å². The first kappa shape index (κ1) is 15.6. The second-order valence-corrected chi connectivity index (χ2v) is 7.19. The molecule has 0 heterocycles. The van der Waals surface area contributed by atoms with Gasteiger partial charge < -0.3 is 10.5 Å². The van der Waals surface area contributed by atoms with Crippen LogP contribution in [0.25, 0.3) is 0 Å². The van der Waals surface area contributed by atoms with Crippen LogP contribution in [0.5, 0.6) is 5.75 Å². The number of hydrogen-bond donors (Lipinski definition) is 3. The Morgan fingerprint density at radius 2 is 2.00 bits per heavy atom. The first-order valence-electron chi connectivity index (χ1n) is 7.88. The molecule has 2 aliphatic carbocycles. The summed E-state index contributed by atoms with van der Waals surface area (Å²) in [5.74, 6) is -0.136. The van der Waals surface area contributed by atoms with Crippen LogP contribution in [0.2, 0.25) is 0 Å². The number of phenols is 1. The van der Waals surface area contributed by atoms with Crippen molar-refractivity contribution < 1.29 is 14.7 Å². The van der Waals surface area contributed by atoms with Gasteiger partial charge in [0.1, 0.15) is 5.75 Å². The van der Waals surface area contributed by atoms with Crippen molar-refractivity contribution in [1.82, 2.24) is 10.9 Å². The Kier molecular flexibility index (Phi) is 3.47. The summed E-state index contributed by atoms with van der Waals surface area (Å²) in [7, 11) is 0. The summed E-state index contributed by atoms with van der Waals surface area (Å²) in [6, 6.07) is 6.32. The third-order valence-electron chi connectivity index (χ3n) is 5.93. The zero-order chi connectivity index (χ0) is 16.8. The molecule has 0 aromatic heterocycles. The molecule has 5 nitrogen and oxygen atoms in total. The number of amides is 1. The second kappa shape index (κ2) is 5.11. The monoisotopic (exact) mass is 314 g/mol. The number of hydrazine groups is 1. The van der Waals surface area contributed by atoms with Gasteiger partial charge in [0.25, 0.3) is 5.91 Å². The number of aromatic hydroxyl groups is 1. The van der Waals surface area contributed by atoms with Crippen LogP contribution >= 0.6 is 0 Å². The van der Waals surface area contributed by atoms with E-state index in [-0.39, 0.29) is 33.8 Å². The van der Waals surface area contributed by atoms with Crippen molar-refractivity contribution in [2.75, 3.05) is 0 Å². The van der Waals surface area contributed by atoms with E-state index in [0.29, 0.717) is 0 Å². The molecule has 1 aromatic carbocycles. The van der Waals surface area contributed by atoms with E-state index >= 15 is 0 Å². The minimum absolute atomic E-state index is 0.0562. The molecule has 2 bridgehead atoms. The Labute approximate surface area is 135 Å². The van der Waals surface area contributed by atoms with Gasteiger partial charge in [0, 0.05) is 17.2 Å². The molecule has 3 rings (SSSR count). The lowest BCUT2D eigenvalue weighted by Gasteiger charge is -2.31. The fraction of sp³-hybridized carbons (Fsp3) is 0.444. The summed E-state index contributed by atoms with van der Waals surface area (Å²) in [6.07, 6.45) is 3.53. The van der Waals surface area contributed by atoms with E-state index in [1.165, 1.54) is 12.1 Å². The zero-order valence-corrected chi connectivity index (χ0v) is 13.6. The molecule has 0 radical (unpaired) electrons. The number of fused-ring (bicyclic) bond motifs is 2. The molecule has 23 heavy (non-hydrogen) atoms. The third-order valence-corrected chi connectivity index (χ3v) is 5.93. The smallest absolute Gasteiger partial charge is 0.273 e. The molecule has 0 saturated heterocycles. The third kappa shape index (κ3) is 2.14. The number of rotatable bonds is 3. The molecule has 1 amide bonds.